The summed E-state index contributed by atoms with van der Waals surface area (Å²) in [5, 5.41) is 5.72. The zero-order valence-electron chi connectivity index (χ0n) is 19.5. The van der Waals surface area contributed by atoms with E-state index in [9.17, 15) is 9.59 Å². The number of urea groups is 1. The van der Waals surface area contributed by atoms with E-state index >= 15 is 0 Å². The molecule has 2 N–H and O–H groups in total. The summed E-state index contributed by atoms with van der Waals surface area (Å²) in [4.78, 5) is 28.8. The maximum atomic E-state index is 12.6. The van der Waals surface area contributed by atoms with Gasteiger partial charge in [-0.1, -0.05) is 41.0 Å². The molecule has 1 atom stereocenters. The van der Waals surface area contributed by atoms with E-state index in [1.54, 1.807) is 0 Å². The van der Waals surface area contributed by atoms with Crippen LogP contribution in [-0.4, -0.2) is 49.6 Å². The van der Waals surface area contributed by atoms with E-state index in [4.69, 9.17) is 0 Å². The highest BCUT2D eigenvalue weighted by Crippen LogP contribution is 2.27. The minimum Gasteiger partial charge on any atom is -0.368 e. The SMILES string of the molecule is CCCCNC(=O)Nc1ccc(N2CCN(C(=O)C[C@H](C)CC(C)(C)C)CC2)cc1. The predicted octanol–water partition coefficient (Wildman–Crippen LogP) is 4.72. The molecule has 2 rings (SSSR count). The Hall–Kier alpha value is -2.24. The minimum absolute atomic E-state index is 0.163. The molecule has 0 spiro atoms. The second-order valence-electron chi connectivity index (χ2n) is 9.72. The van der Waals surface area contributed by atoms with Crippen LogP contribution in [0.1, 0.15) is 60.3 Å². The van der Waals surface area contributed by atoms with Crippen LogP contribution in [0.4, 0.5) is 16.2 Å². The number of unbranched alkanes of at least 4 members (excludes halogenated alkanes) is 1. The molecule has 1 aromatic rings. The fourth-order valence-corrected chi connectivity index (χ4v) is 4.07. The number of hydrogen-bond acceptors (Lipinski definition) is 3. The van der Waals surface area contributed by atoms with Gasteiger partial charge >= 0.3 is 6.03 Å². The fourth-order valence-electron chi connectivity index (χ4n) is 4.07. The molecule has 168 valence electrons. The van der Waals surface area contributed by atoms with Gasteiger partial charge in [0.2, 0.25) is 5.91 Å². The van der Waals surface area contributed by atoms with Gasteiger partial charge in [0.1, 0.15) is 0 Å². The molecule has 0 unspecified atom stereocenters. The van der Waals surface area contributed by atoms with Gasteiger partial charge in [-0.2, -0.15) is 0 Å². The van der Waals surface area contributed by atoms with Crippen LogP contribution in [0.3, 0.4) is 0 Å². The van der Waals surface area contributed by atoms with Crippen LogP contribution >= 0.6 is 0 Å². The van der Waals surface area contributed by atoms with Crippen molar-refractivity contribution in [1.29, 1.82) is 0 Å². The number of benzene rings is 1. The molecule has 6 nitrogen and oxygen atoms in total. The highest BCUT2D eigenvalue weighted by molar-refractivity contribution is 5.89. The molecule has 1 heterocycles. The number of rotatable bonds is 8. The molecule has 30 heavy (non-hydrogen) atoms. The van der Waals surface area contributed by atoms with Gasteiger partial charge in [-0.15, -0.1) is 0 Å². The number of carbonyl (C=O) groups is 2. The highest BCUT2D eigenvalue weighted by Gasteiger charge is 2.24. The third-order valence-electron chi connectivity index (χ3n) is 5.42. The van der Waals surface area contributed by atoms with Crippen molar-refractivity contribution in [2.75, 3.05) is 42.9 Å². The summed E-state index contributed by atoms with van der Waals surface area (Å²) in [6.07, 6.45) is 3.74. The largest absolute Gasteiger partial charge is 0.368 e. The van der Waals surface area contributed by atoms with Gasteiger partial charge < -0.3 is 20.4 Å². The van der Waals surface area contributed by atoms with Gasteiger partial charge in [-0.05, 0) is 48.4 Å². The molecule has 1 aliphatic heterocycles. The lowest BCUT2D eigenvalue weighted by Gasteiger charge is -2.37. The van der Waals surface area contributed by atoms with Gasteiger partial charge in [0.05, 0.1) is 0 Å². The minimum atomic E-state index is -0.163. The van der Waals surface area contributed by atoms with Gasteiger partial charge in [-0.25, -0.2) is 4.79 Å². The summed E-state index contributed by atoms with van der Waals surface area (Å²) >= 11 is 0. The average molecular weight is 417 g/mol. The third kappa shape index (κ3) is 8.25. The standard InChI is InChI=1S/C24H40N4O2/c1-6-7-12-25-23(30)26-20-8-10-21(11-9-20)27-13-15-28(16-14-27)22(29)17-19(2)18-24(3,4)5/h8-11,19H,6-7,12-18H2,1-5H3,(H2,25,26,30)/t19-/m0/s1. The van der Waals surface area contributed by atoms with Crippen molar-refractivity contribution in [2.45, 2.75) is 60.3 Å². The molecule has 0 aliphatic carbocycles. The van der Waals surface area contributed by atoms with E-state index in [0.717, 1.165) is 56.8 Å². The molecular formula is C24H40N4O2. The number of hydrogen-bond donors (Lipinski definition) is 2. The lowest BCUT2D eigenvalue weighted by Crippen LogP contribution is -2.49. The van der Waals surface area contributed by atoms with Crippen LogP contribution in [-0.2, 0) is 4.79 Å². The highest BCUT2D eigenvalue weighted by atomic mass is 16.2. The van der Waals surface area contributed by atoms with E-state index < -0.39 is 0 Å². The van der Waals surface area contributed by atoms with Crippen LogP contribution in [0.25, 0.3) is 0 Å². The van der Waals surface area contributed by atoms with E-state index in [0.29, 0.717) is 18.9 Å². The molecule has 3 amide bonds. The number of nitrogens with zero attached hydrogens (tertiary/aromatic N) is 2. The Balaban J connectivity index is 1.78. The van der Waals surface area contributed by atoms with Crippen molar-refractivity contribution in [3.63, 3.8) is 0 Å². The first-order chi connectivity index (χ1) is 14.2. The zero-order chi connectivity index (χ0) is 22.1. The van der Waals surface area contributed by atoms with Crippen molar-refractivity contribution in [2.24, 2.45) is 11.3 Å². The molecule has 0 bridgehead atoms. The molecule has 0 aromatic heterocycles. The summed E-state index contributed by atoms with van der Waals surface area (Å²) in [6, 6.07) is 7.76. The summed E-state index contributed by atoms with van der Waals surface area (Å²) in [5.41, 5.74) is 2.17. The summed E-state index contributed by atoms with van der Waals surface area (Å²) < 4.78 is 0. The smallest absolute Gasteiger partial charge is 0.319 e. The van der Waals surface area contributed by atoms with E-state index in [1.807, 2.05) is 29.2 Å². The molecule has 6 heteroatoms. The van der Waals surface area contributed by atoms with Crippen LogP contribution in [0.2, 0.25) is 0 Å². The van der Waals surface area contributed by atoms with Crippen LogP contribution in [0.5, 0.6) is 0 Å². The Bertz CT molecular complexity index is 673. The van der Waals surface area contributed by atoms with Crippen molar-refractivity contribution < 1.29 is 9.59 Å². The number of carbonyl (C=O) groups excluding carboxylic acids is 2. The van der Waals surface area contributed by atoms with Gasteiger partial charge in [-0.3, -0.25) is 4.79 Å². The number of anilines is 2. The second kappa shape index (κ2) is 11.2. The maximum absolute atomic E-state index is 12.6. The Kier molecular flexibility index (Phi) is 9.00. The topological polar surface area (TPSA) is 64.7 Å². The van der Waals surface area contributed by atoms with E-state index in [2.05, 4.69) is 50.2 Å². The van der Waals surface area contributed by atoms with Crippen molar-refractivity contribution in [3.8, 4) is 0 Å². The summed E-state index contributed by atoms with van der Waals surface area (Å²) in [5.74, 6) is 0.690. The van der Waals surface area contributed by atoms with Gasteiger partial charge in [0.15, 0.2) is 0 Å². The van der Waals surface area contributed by atoms with Gasteiger partial charge in [0.25, 0.3) is 0 Å². The normalized spacial score (nSPS) is 15.6. The molecule has 1 saturated heterocycles. The van der Waals surface area contributed by atoms with Crippen molar-refractivity contribution in [1.82, 2.24) is 10.2 Å². The first kappa shape index (κ1) is 24.0. The monoisotopic (exact) mass is 416 g/mol. The molecule has 1 fully saturated rings. The van der Waals surface area contributed by atoms with Crippen LogP contribution in [0, 0.1) is 11.3 Å². The van der Waals surface area contributed by atoms with Crippen LogP contribution < -0.4 is 15.5 Å². The number of nitrogens with one attached hydrogen (secondary N) is 2. The number of piperazine rings is 1. The van der Waals surface area contributed by atoms with Crippen LogP contribution in [0.15, 0.2) is 24.3 Å². The first-order valence-electron chi connectivity index (χ1n) is 11.4. The molecule has 1 aliphatic rings. The van der Waals surface area contributed by atoms with Gasteiger partial charge in [0, 0.05) is 50.5 Å². The average Bonchev–Trinajstić information content (AvgIpc) is 2.67. The van der Waals surface area contributed by atoms with Crippen molar-refractivity contribution in [3.05, 3.63) is 24.3 Å². The lowest BCUT2D eigenvalue weighted by molar-refractivity contribution is -0.132. The second-order valence-corrected chi connectivity index (χ2v) is 9.72. The quantitative estimate of drug-likeness (QED) is 0.603. The van der Waals surface area contributed by atoms with E-state index in [-0.39, 0.29) is 17.4 Å². The first-order valence-corrected chi connectivity index (χ1v) is 11.4. The summed E-state index contributed by atoms with van der Waals surface area (Å²) in [7, 11) is 0. The molecule has 1 aromatic carbocycles. The Morgan fingerprint density at radius 2 is 1.70 bits per heavy atom. The summed E-state index contributed by atoms with van der Waals surface area (Å²) in [6.45, 7) is 14.9. The fraction of sp³-hybridized carbons (Fsp3) is 0.667. The molecular weight excluding hydrogens is 376 g/mol. The third-order valence-corrected chi connectivity index (χ3v) is 5.42. The number of amides is 3. The lowest BCUT2D eigenvalue weighted by atomic mass is 9.84. The Morgan fingerprint density at radius 3 is 2.27 bits per heavy atom. The Morgan fingerprint density at radius 1 is 1.07 bits per heavy atom. The maximum Gasteiger partial charge on any atom is 0.319 e. The molecule has 0 saturated carbocycles. The molecule has 0 radical (unpaired) electrons. The zero-order valence-corrected chi connectivity index (χ0v) is 19.5. The predicted molar refractivity (Wildman–Crippen MR) is 125 cm³/mol. The van der Waals surface area contributed by atoms with Crippen molar-refractivity contribution >= 4 is 23.3 Å². The van der Waals surface area contributed by atoms with E-state index in [1.165, 1.54) is 0 Å². The Labute approximate surface area is 182 Å².